The number of hydrogen-bond donors (Lipinski definition) is 4. The molecule has 6 nitrogen and oxygen atoms in total. The van der Waals surface area contributed by atoms with Crippen LogP contribution in [0.5, 0.6) is 0 Å². The fraction of sp³-hybridized carbons (Fsp3) is 0.217. The molecule has 31 heavy (non-hydrogen) atoms. The lowest BCUT2D eigenvalue weighted by molar-refractivity contribution is 0.479. The standard InChI is InChI=1S/C23H21F2N5O/c24-17-4-1-5-18(25)22(17)13-6-7-19-15(9-13)16(12-27-19)23-29-20(10-21(31)30-23)28-14-3-2-8-26-11-14/h1,4-7,9-10,12,14,26-27H,2-3,8,11H2,(H2,28,29,30,31)/t14-/m1/s1. The van der Waals surface area contributed by atoms with E-state index < -0.39 is 11.6 Å². The highest BCUT2D eigenvalue weighted by atomic mass is 19.1. The van der Waals surface area contributed by atoms with E-state index in [9.17, 15) is 13.6 Å². The van der Waals surface area contributed by atoms with Gasteiger partial charge in [0.2, 0.25) is 0 Å². The average molecular weight is 421 g/mol. The summed E-state index contributed by atoms with van der Waals surface area (Å²) in [5.74, 6) is -0.375. The number of H-pyrrole nitrogens is 2. The third kappa shape index (κ3) is 3.82. The molecule has 0 spiro atoms. The van der Waals surface area contributed by atoms with Crippen LogP contribution in [0.4, 0.5) is 14.6 Å². The number of rotatable bonds is 4. The van der Waals surface area contributed by atoms with E-state index in [4.69, 9.17) is 0 Å². The molecule has 1 aliphatic rings. The van der Waals surface area contributed by atoms with Crippen molar-refractivity contribution >= 4 is 16.7 Å². The van der Waals surface area contributed by atoms with Gasteiger partial charge in [-0.3, -0.25) is 4.79 Å². The van der Waals surface area contributed by atoms with E-state index >= 15 is 0 Å². The van der Waals surface area contributed by atoms with Gasteiger partial charge in [0.05, 0.1) is 5.56 Å². The highest BCUT2D eigenvalue weighted by molar-refractivity contribution is 5.96. The Balaban J connectivity index is 1.57. The Kier molecular flexibility index (Phi) is 4.99. The molecule has 1 atom stereocenters. The summed E-state index contributed by atoms with van der Waals surface area (Å²) in [7, 11) is 0. The summed E-state index contributed by atoms with van der Waals surface area (Å²) in [4.78, 5) is 22.8. The summed E-state index contributed by atoms with van der Waals surface area (Å²) in [5.41, 5.74) is 1.47. The molecule has 4 N–H and O–H groups in total. The lowest BCUT2D eigenvalue weighted by Gasteiger charge is -2.24. The highest BCUT2D eigenvalue weighted by Crippen LogP contribution is 2.33. The molecule has 2 aromatic heterocycles. The fourth-order valence-electron chi connectivity index (χ4n) is 4.09. The number of fused-ring (bicyclic) bond motifs is 1. The second-order valence-electron chi connectivity index (χ2n) is 7.73. The van der Waals surface area contributed by atoms with Gasteiger partial charge in [0.1, 0.15) is 23.3 Å². The Hall–Kier alpha value is -3.52. The molecule has 1 aliphatic heterocycles. The Morgan fingerprint density at radius 2 is 1.94 bits per heavy atom. The Morgan fingerprint density at radius 1 is 1.10 bits per heavy atom. The topological polar surface area (TPSA) is 85.6 Å². The fourth-order valence-corrected chi connectivity index (χ4v) is 4.09. The molecule has 2 aromatic carbocycles. The third-order valence-electron chi connectivity index (χ3n) is 5.58. The zero-order valence-electron chi connectivity index (χ0n) is 16.6. The minimum Gasteiger partial charge on any atom is -0.366 e. The molecule has 0 bridgehead atoms. The lowest BCUT2D eigenvalue weighted by atomic mass is 10.0. The molecular weight excluding hydrogens is 400 g/mol. The van der Waals surface area contributed by atoms with Crippen LogP contribution in [0.1, 0.15) is 12.8 Å². The van der Waals surface area contributed by atoms with E-state index in [0.29, 0.717) is 28.2 Å². The maximum absolute atomic E-state index is 14.3. The van der Waals surface area contributed by atoms with E-state index in [1.54, 1.807) is 24.4 Å². The second kappa shape index (κ2) is 7.96. The minimum absolute atomic E-state index is 0.0850. The van der Waals surface area contributed by atoms with Gasteiger partial charge in [0.15, 0.2) is 0 Å². The van der Waals surface area contributed by atoms with Gasteiger partial charge in [-0.15, -0.1) is 0 Å². The van der Waals surface area contributed by atoms with Gasteiger partial charge >= 0.3 is 0 Å². The van der Waals surface area contributed by atoms with Crippen LogP contribution in [0.25, 0.3) is 33.4 Å². The number of aromatic nitrogens is 3. The first kappa shape index (κ1) is 19.4. The lowest BCUT2D eigenvalue weighted by Crippen LogP contribution is -2.38. The van der Waals surface area contributed by atoms with E-state index in [1.165, 1.54) is 24.3 Å². The van der Waals surface area contributed by atoms with Crippen molar-refractivity contribution < 1.29 is 8.78 Å². The van der Waals surface area contributed by atoms with E-state index in [-0.39, 0.29) is 17.2 Å². The quantitative estimate of drug-likeness (QED) is 0.401. The Bertz CT molecular complexity index is 1290. The van der Waals surface area contributed by atoms with Gasteiger partial charge in [0, 0.05) is 41.3 Å². The number of halogens is 2. The molecular formula is C23H21F2N5O. The zero-order chi connectivity index (χ0) is 21.4. The van der Waals surface area contributed by atoms with Gasteiger partial charge in [-0.05, 0) is 49.2 Å². The molecule has 158 valence electrons. The number of piperidine rings is 1. The van der Waals surface area contributed by atoms with Gasteiger partial charge in [-0.2, -0.15) is 0 Å². The molecule has 3 heterocycles. The van der Waals surface area contributed by atoms with Gasteiger partial charge in [-0.25, -0.2) is 13.8 Å². The van der Waals surface area contributed by atoms with Crippen molar-refractivity contribution in [2.24, 2.45) is 0 Å². The Labute approximate surface area is 176 Å². The number of nitrogens with zero attached hydrogens (tertiary/aromatic N) is 1. The maximum atomic E-state index is 14.3. The van der Waals surface area contributed by atoms with Gasteiger partial charge in [-0.1, -0.05) is 12.1 Å². The van der Waals surface area contributed by atoms with Crippen LogP contribution in [-0.4, -0.2) is 34.1 Å². The molecule has 0 radical (unpaired) electrons. The van der Waals surface area contributed by atoms with Crippen molar-refractivity contribution in [1.29, 1.82) is 0 Å². The predicted molar refractivity (Wildman–Crippen MR) is 117 cm³/mol. The summed E-state index contributed by atoms with van der Waals surface area (Å²) < 4.78 is 28.6. The average Bonchev–Trinajstić information content (AvgIpc) is 3.17. The number of benzene rings is 2. The first-order valence-corrected chi connectivity index (χ1v) is 10.2. The van der Waals surface area contributed by atoms with E-state index in [2.05, 4.69) is 25.6 Å². The Morgan fingerprint density at radius 3 is 2.71 bits per heavy atom. The smallest absolute Gasteiger partial charge is 0.253 e. The second-order valence-corrected chi connectivity index (χ2v) is 7.73. The van der Waals surface area contributed by atoms with E-state index in [1.807, 2.05) is 0 Å². The van der Waals surface area contributed by atoms with Crippen molar-refractivity contribution in [1.82, 2.24) is 20.3 Å². The van der Waals surface area contributed by atoms with Crippen LogP contribution in [0.15, 0.2) is 53.5 Å². The molecule has 1 saturated heterocycles. The maximum Gasteiger partial charge on any atom is 0.253 e. The number of hydrogen-bond acceptors (Lipinski definition) is 4. The monoisotopic (exact) mass is 421 g/mol. The zero-order valence-corrected chi connectivity index (χ0v) is 16.6. The van der Waals surface area contributed by atoms with Gasteiger partial charge < -0.3 is 20.6 Å². The van der Waals surface area contributed by atoms with Crippen molar-refractivity contribution in [3.63, 3.8) is 0 Å². The SMILES string of the molecule is O=c1cc(N[C@@H]2CCCNC2)nc(-c2c[nH]c3ccc(-c4c(F)cccc4F)cc23)[nH]1. The third-order valence-corrected chi connectivity index (χ3v) is 5.58. The van der Waals surface area contributed by atoms with Crippen molar-refractivity contribution in [2.45, 2.75) is 18.9 Å². The molecule has 0 saturated carbocycles. The molecule has 1 fully saturated rings. The molecule has 0 unspecified atom stereocenters. The van der Waals surface area contributed by atoms with Crippen LogP contribution in [0.2, 0.25) is 0 Å². The number of aromatic amines is 2. The summed E-state index contributed by atoms with van der Waals surface area (Å²) in [6, 6.07) is 10.6. The predicted octanol–water partition coefficient (Wildman–Crippen LogP) is 4.03. The van der Waals surface area contributed by atoms with Crippen molar-refractivity contribution in [3.8, 4) is 22.5 Å². The minimum atomic E-state index is -0.629. The van der Waals surface area contributed by atoms with Crippen LogP contribution in [0.3, 0.4) is 0 Å². The van der Waals surface area contributed by atoms with Crippen molar-refractivity contribution in [2.75, 3.05) is 18.4 Å². The van der Waals surface area contributed by atoms with Crippen LogP contribution in [-0.2, 0) is 0 Å². The first-order chi connectivity index (χ1) is 15.1. The van der Waals surface area contributed by atoms with E-state index in [0.717, 1.165) is 31.4 Å². The summed E-state index contributed by atoms with van der Waals surface area (Å²) in [6.07, 6.45) is 3.80. The summed E-state index contributed by atoms with van der Waals surface area (Å²) in [5, 5.41) is 7.35. The summed E-state index contributed by atoms with van der Waals surface area (Å²) >= 11 is 0. The van der Waals surface area contributed by atoms with Gasteiger partial charge in [0.25, 0.3) is 5.56 Å². The molecule has 0 amide bonds. The van der Waals surface area contributed by atoms with Crippen LogP contribution < -0.4 is 16.2 Å². The molecule has 8 heteroatoms. The number of nitrogens with one attached hydrogen (secondary N) is 4. The summed E-state index contributed by atoms with van der Waals surface area (Å²) in [6.45, 7) is 1.81. The number of anilines is 1. The normalized spacial score (nSPS) is 16.5. The van der Waals surface area contributed by atoms with Crippen LogP contribution >= 0.6 is 0 Å². The highest BCUT2D eigenvalue weighted by Gasteiger charge is 2.17. The largest absolute Gasteiger partial charge is 0.366 e. The first-order valence-electron chi connectivity index (χ1n) is 10.2. The van der Waals surface area contributed by atoms with Crippen LogP contribution in [0, 0.1) is 11.6 Å². The van der Waals surface area contributed by atoms with Crippen molar-refractivity contribution in [3.05, 3.63) is 70.6 Å². The molecule has 4 aromatic rings. The molecule has 5 rings (SSSR count). The molecule has 0 aliphatic carbocycles.